The summed E-state index contributed by atoms with van der Waals surface area (Å²) in [5, 5.41) is 6.34. The largest absolute Gasteiger partial charge is 0.370 e. The molecule has 0 aromatic carbocycles. The van der Waals surface area contributed by atoms with Gasteiger partial charge in [-0.3, -0.25) is 4.79 Å². The second-order valence-electron chi connectivity index (χ2n) is 5.37. The highest BCUT2D eigenvalue weighted by molar-refractivity contribution is 5.76. The molecule has 19 heavy (non-hydrogen) atoms. The van der Waals surface area contributed by atoms with Crippen LogP contribution in [0.1, 0.15) is 43.4 Å². The zero-order chi connectivity index (χ0) is 13.1. The fraction of sp³-hybridized carbons (Fsp3) is 0.643. The number of fused-ring (bicyclic) bond motifs is 1. The topological polar surface area (TPSA) is 66.9 Å². The molecule has 1 amide bonds. The number of carbonyl (C=O) groups is 1. The quantitative estimate of drug-likeness (QED) is 0.759. The van der Waals surface area contributed by atoms with E-state index in [0.717, 1.165) is 44.5 Å². The number of anilines is 1. The van der Waals surface area contributed by atoms with Crippen LogP contribution in [0.2, 0.25) is 0 Å². The van der Waals surface area contributed by atoms with E-state index < -0.39 is 0 Å². The summed E-state index contributed by atoms with van der Waals surface area (Å²) in [7, 11) is 0. The van der Waals surface area contributed by atoms with Gasteiger partial charge in [-0.05, 0) is 38.5 Å². The molecule has 5 nitrogen and oxygen atoms in total. The molecule has 0 saturated heterocycles. The number of hydrogen-bond acceptors (Lipinski definition) is 4. The van der Waals surface area contributed by atoms with Gasteiger partial charge in [-0.25, -0.2) is 9.97 Å². The van der Waals surface area contributed by atoms with E-state index in [-0.39, 0.29) is 5.91 Å². The first-order chi connectivity index (χ1) is 9.33. The molecule has 2 aliphatic rings. The molecule has 1 aromatic heterocycles. The van der Waals surface area contributed by atoms with Crippen LogP contribution < -0.4 is 10.6 Å². The maximum atomic E-state index is 11.5. The molecule has 0 radical (unpaired) electrons. The van der Waals surface area contributed by atoms with E-state index >= 15 is 0 Å². The maximum absolute atomic E-state index is 11.5. The Balaban J connectivity index is 1.42. The third kappa shape index (κ3) is 3.22. The number of amides is 1. The number of nitrogens with zero attached hydrogens (tertiary/aromatic N) is 2. The molecule has 0 unspecified atom stereocenters. The van der Waals surface area contributed by atoms with Crippen LogP contribution in [0.15, 0.2) is 6.33 Å². The molecular formula is C14H20N4O. The molecule has 0 atom stereocenters. The maximum Gasteiger partial charge on any atom is 0.220 e. The molecule has 0 aliphatic heterocycles. The summed E-state index contributed by atoms with van der Waals surface area (Å²) in [5.74, 6) is 1.14. The van der Waals surface area contributed by atoms with Gasteiger partial charge in [-0.1, -0.05) is 0 Å². The summed E-state index contributed by atoms with van der Waals surface area (Å²) in [4.78, 5) is 20.1. The van der Waals surface area contributed by atoms with Gasteiger partial charge in [0.25, 0.3) is 0 Å². The molecule has 1 saturated carbocycles. The Morgan fingerprint density at radius 1 is 1.32 bits per heavy atom. The fourth-order valence-corrected chi connectivity index (χ4v) is 2.50. The van der Waals surface area contributed by atoms with Gasteiger partial charge in [0.2, 0.25) is 5.91 Å². The third-order valence-electron chi connectivity index (χ3n) is 3.69. The summed E-state index contributed by atoms with van der Waals surface area (Å²) in [5.41, 5.74) is 2.45. The summed E-state index contributed by atoms with van der Waals surface area (Å²) in [6, 6.07) is 0.464. The summed E-state index contributed by atoms with van der Waals surface area (Å²) < 4.78 is 0. The Morgan fingerprint density at radius 2 is 2.21 bits per heavy atom. The lowest BCUT2D eigenvalue weighted by molar-refractivity contribution is -0.121. The van der Waals surface area contributed by atoms with E-state index in [1.165, 1.54) is 17.7 Å². The van der Waals surface area contributed by atoms with Crippen molar-refractivity contribution in [2.75, 3.05) is 11.9 Å². The Kier molecular flexibility index (Phi) is 3.62. The van der Waals surface area contributed by atoms with Crippen molar-refractivity contribution < 1.29 is 4.79 Å². The van der Waals surface area contributed by atoms with Gasteiger partial charge in [0.1, 0.15) is 12.1 Å². The van der Waals surface area contributed by atoms with Crippen LogP contribution in [0.5, 0.6) is 0 Å². The summed E-state index contributed by atoms with van der Waals surface area (Å²) >= 11 is 0. The van der Waals surface area contributed by atoms with Gasteiger partial charge in [-0.15, -0.1) is 0 Å². The molecule has 1 aromatic rings. The van der Waals surface area contributed by atoms with Gasteiger partial charge in [0, 0.05) is 30.3 Å². The average Bonchev–Trinajstić information content (AvgIpc) is 3.07. The molecule has 0 bridgehead atoms. The highest BCUT2D eigenvalue weighted by Crippen LogP contribution is 2.24. The molecule has 3 rings (SSSR count). The number of carbonyl (C=O) groups excluding carboxylic acids is 1. The second kappa shape index (κ2) is 5.55. The van der Waals surface area contributed by atoms with E-state index in [9.17, 15) is 4.79 Å². The summed E-state index contributed by atoms with van der Waals surface area (Å²) in [6.07, 6.45) is 8.68. The van der Waals surface area contributed by atoms with Crippen molar-refractivity contribution in [2.24, 2.45) is 0 Å². The van der Waals surface area contributed by atoms with Crippen molar-refractivity contribution in [1.29, 1.82) is 0 Å². The predicted molar refractivity (Wildman–Crippen MR) is 72.9 cm³/mol. The van der Waals surface area contributed by atoms with Crippen LogP contribution in [0, 0.1) is 0 Å². The first-order valence-electron chi connectivity index (χ1n) is 7.19. The Hall–Kier alpha value is -1.65. The molecule has 102 valence electrons. The first-order valence-corrected chi connectivity index (χ1v) is 7.19. The van der Waals surface area contributed by atoms with Crippen molar-refractivity contribution in [3.63, 3.8) is 0 Å². The van der Waals surface area contributed by atoms with Gasteiger partial charge < -0.3 is 10.6 Å². The molecule has 2 N–H and O–H groups in total. The monoisotopic (exact) mass is 260 g/mol. The predicted octanol–water partition coefficient (Wildman–Crippen LogP) is 1.44. The minimum absolute atomic E-state index is 0.178. The van der Waals surface area contributed by atoms with Crippen LogP contribution in [-0.4, -0.2) is 28.5 Å². The first kappa shape index (κ1) is 12.4. The van der Waals surface area contributed by atoms with Crippen LogP contribution in [0.3, 0.4) is 0 Å². The van der Waals surface area contributed by atoms with E-state index in [2.05, 4.69) is 20.6 Å². The highest BCUT2D eigenvalue weighted by Gasteiger charge is 2.22. The fourth-order valence-electron chi connectivity index (χ4n) is 2.50. The van der Waals surface area contributed by atoms with Crippen LogP contribution in [0.4, 0.5) is 5.82 Å². The zero-order valence-electron chi connectivity index (χ0n) is 11.1. The van der Waals surface area contributed by atoms with Crippen molar-refractivity contribution in [1.82, 2.24) is 15.3 Å². The molecule has 1 heterocycles. The van der Waals surface area contributed by atoms with Crippen LogP contribution in [-0.2, 0) is 17.6 Å². The van der Waals surface area contributed by atoms with Crippen molar-refractivity contribution in [2.45, 2.75) is 51.0 Å². The normalized spacial score (nSPS) is 17.1. The van der Waals surface area contributed by atoms with E-state index in [0.29, 0.717) is 12.5 Å². The van der Waals surface area contributed by atoms with Gasteiger partial charge >= 0.3 is 0 Å². The number of rotatable bonds is 6. The third-order valence-corrected chi connectivity index (χ3v) is 3.69. The second-order valence-corrected chi connectivity index (χ2v) is 5.37. The Labute approximate surface area is 113 Å². The number of aromatic nitrogens is 2. The van der Waals surface area contributed by atoms with Crippen molar-refractivity contribution in [3.05, 3.63) is 17.6 Å². The van der Waals surface area contributed by atoms with Crippen molar-refractivity contribution in [3.8, 4) is 0 Å². The Bertz CT molecular complexity index is 471. The van der Waals surface area contributed by atoms with E-state index in [1.807, 2.05) is 0 Å². The van der Waals surface area contributed by atoms with Crippen molar-refractivity contribution >= 4 is 11.7 Å². The molecule has 1 fully saturated rings. The number of nitrogens with one attached hydrogen (secondary N) is 2. The Morgan fingerprint density at radius 3 is 3.05 bits per heavy atom. The van der Waals surface area contributed by atoms with Gasteiger partial charge in [0.15, 0.2) is 0 Å². The average molecular weight is 260 g/mol. The lowest BCUT2D eigenvalue weighted by Crippen LogP contribution is -2.25. The molecule has 0 spiro atoms. The smallest absolute Gasteiger partial charge is 0.220 e. The zero-order valence-corrected chi connectivity index (χ0v) is 11.1. The lowest BCUT2D eigenvalue weighted by Gasteiger charge is -2.09. The molecule has 2 aliphatic carbocycles. The number of hydrogen-bond donors (Lipinski definition) is 2. The highest BCUT2D eigenvalue weighted by atomic mass is 16.1. The molecular weight excluding hydrogens is 240 g/mol. The van der Waals surface area contributed by atoms with Crippen LogP contribution >= 0.6 is 0 Å². The minimum atomic E-state index is 0.178. The van der Waals surface area contributed by atoms with E-state index in [4.69, 9.17) is 0 Å². The number of aryl methyl sites for hydroxylation is 1. The molecule has 5 heteroatoms. The van der Waals surface area contributed by atoms with Gasteiger partial charge in [-0.2, -0.15) is 0 Å². The van der Waals surface area contributed by atoms with Gasteiger partial charge in [0.05, 0.1) is 0 Å². The van der Waals surface area contributed by atoms with Crippen LogP contribution in [0.25, 0.3) is 0 Å². The standard InChI is InChI=1S/C14H20N4O/c19-13(18-10-6-7-10)5-2-8-15-14-11-3-1-4-12(11)16-9-17-14/h9-10H,1-8H2,(H,18,19)(H,15,16,17). The van der Waals surface area contributed by atoms with E-state index in [1.54, 1.807) is 6.33 Å². The summed E-state index contributed by atoms with van der Waals surface area (Å²) in [6.45, 7) is 0.793. The minimum Gasteiger partial charge on any atom is -0.370 e. The SMILES string of the molecule is O=C(CCCNc1ncnc2c1CCC2)NC1CC1. The lowest BCUT2D eigenvalue weighted by atomic mass is 10.2.